The van der Waals surface area contributed by atoms with Gasteiger partial charge in [-0.2, -0.15) is 0 Å². The number of ether oxygens (including phenoxy) is 2. The quantitative estimate of drug-likeness (QED) is 0.256. The van der Waals surface area contributed by atoms with E-state index in [1.54, 1.807) is 6.92 Å². The van der Waals surface area contributed by atoms with E-state index in [1.165, 1.54) is 6.92 Å². The summed E-state index contributed by atoms with van der Waals surface area (Å²) in [4.78, 5) is 36.4. The molecule has 0 aromatic rings. The van der Waals surface area contributed by atoms with E-state index < -0.39 is 62.6 Å². The summed E-state index contributed by atoms with van der Waals surface area (Å²) in [6.45, 7) is 2.72. The highest BCUT2D eigenvalue weighted by Gasteiger charge is 2.51. The van der Waals surface area contributed by atoms with Gasteiger partial charge in [-0.1, -0.05) is 0 Å². The third-order valence-corrected chi connectivity index (χ3v) is 7.29. The zero-order chi connectivity index (χ0) is 20.5. The molecule has 2 rings (SSSR count). The van der Waals surface area contributed by atoms with Gasteiger partial charge in [-0.25, -0.2) is 13.2 Å². The highest BCUT2D eigenvalue weighted by molar-refractivity contribution is 8.72. The maximum atomic E-state index is 11.9. The number of aliphatic hydroxyl groups excluding tert-OH is 2. The van der Waals surface area contributed by atoms with Crippen LogP contribution in [0.15, 0.2) is 0 Å². The Bertz CT molecular complexity index is 713. The van der Waals surface area contributed by atoms with Crippen molar-refractivity contribution in [2.24, 2.45) is 0 Å². The van der Waals surface area contributed by atoms with Gasteiger partial charge in [-0.15, -0.1) is 0 Å². The molecule has 0 aromatic heterocycles. The average Bonchev–Trinajstić information content (AvgIpc) is 2.84. The van der Waals surface area contributed by atoms with Crippen LogP contribution < -0.4 is 5.32 Å². The van der Waals surface area contributed by atoms with E-state index in [-0.39, 0.29) is 13.0 Å². The molecule has 13 heteroatoms. The van der Waals surface area contributed by atoms with Crippen LogP contribution in [0.5, 0.6) is 0 Å². The second-order valence-electron chi connectivity index (χ2n) is 6.47. The Balaban J connectivity index is 1.92. The van der Waals surface area contributed by atoms with Crippen molar-refractivity contribution in [3.8, 4) is 0 Å². The molecule has 3 N–H and O–H groups in total. The van der Waals surface area contributed by atoms with Gasteiger partial charge in [0.15, 0.2) is 8.87 Å². The van der Waals surface area contributed by atoms with E-state index in [2.05, 4.69) is 5.32 Å². The number of hydrogen-bond acceptors (Lipinski definition) is 10. The van der Waals surface area contributed by atoms with Gasteiger partial charge in [0.1, 0.15) is 25.0 Å². The van der Waals surface area contributed by atoms with Gasteiger partial charge in [-0.3, -0.25) is 9.59 Å². The second-order valence-corrected chi connectivity index (χ2v) is 11.2. The van der Waals surface area contributed by atoms with Crippen molar-refractivity contribution in [3.05, 3.63) is 0 Å². The third-order valence-electron chi connectivity index (χ3n) is 4.30. The molecule has 0 radical (unpaired) electrons. The van der Waals surface area contributed by atoms with E-state index in [0.717, 1.165) is 11.2 Å². The molecule has 0 aliphatic carbocycles. The monoisotopic (exact) mass is 426 g/mol. The Kier molecular flexibility index (Phi) is 6.60. The first-order valence-corrected chi connectivity index (χ1v) is 11.4. The molecule has 11 nitrogen and oxygen atoms in total. The zero-order valence-electron chi connectivity index (χ0n) is 14.9. The van der Waals surface area contributed by atoms with Gasteiger partial charge < -0.3 is 29.9 Å². The molecule has 2 saturated heterocycles. The van der Waals surface area contributed by atoms with Crippen molar-refractivity contribution < 1.29 is 42.5 Å². The Morgan fingerprint density at radius 3 is 2.59 bits per heavy atom. The van der Waals surface area contributed by atoms with Crippen molar-refractivity contribution >= 4 is 37.6 Å². The van der Waals surface area contributed by atoms with Crippen LogP contribution in [0.3, 0.4) is 0 Å². The van der Waals surface area contributed by atoms with E-state index in [1.807, 2.05) is 0 Å². The van der Waals surface area contributed by atoms with E-state index in [0.29, 0.717) is 10.8 Å². The van der Waals surface area contributed by atoms with E-state index in [4.69, 9.17) is 9.47 Å². The molecule has 2 amide bonds. The largest absolute Gasteiger partial charge is 0.508 e. The SMILES string of the molecule is CC(OC(=O)OCC1CC(O)C(O)C2NC(=O)C(=O)N12)C(C)SS(C)(=O)=O. The highest BCUT2D eigenvalue weighted by Crippen LogP contribution is 2.27. The molecule has 0 bridgehead atoms. The molecule has 0 saturated carbocycles. The number of rotatable bonds is 6. The Hall–Kier alpha value is -1.57. The number of carbonyl (C=O) groups is 3. The minimum atomic E-state index is -3.32. The molecule has 6 unspecified atom stereocenters. The summed E-state index contributed by atoms with van der Waals surface area (Å²) >= 11 is 0. The lowest BCUT2D eigenvalue weighted by atomic mass is 9.95. The minimum absolute atomic E-state index is 0.0957. The predicted octanol–water partition coefficient (Wildman–Crippen LogP) is -1.61. The lowest BCUT2D eigenvalue weighted by molar-refractivity contribution is -0.150. The van der Waals surface area contributed by atoms with Crippen LogP contribution in [0, 0.1) is 0 Å². The number of nitrogens with zero attached hydrogens (tertiary/aromatic N) is 1. The summed E-state index contributed by atoms with van der Waals surface area (Å²) < 4.78 is 32.5. The molecule has 2 heterocycles. The van der Waals surface area contributed by atoms with Crippen LogP contribution >= 0.6 is 10.8 Å². The van der Waals surface area contributed by atoms with Crippen molar-refractivity contribution in [2.75, 3.05) is 12.9 Å². The number of carbonyl (C=O) groups excluding carboxylic acids is 3. The Morgan fingerprint density at radius 1 is 1.37 bits per heavy atom. The van der Waals surface area contributed by atoms with E-state index in [9.17, 15) is 33.0 Å². The number of fused-ring (bicyclic) bond motifs is 1. The lowest BCUT2D eigenvalue weighted by Gasteiger charge is -2.41. The fraction of sp³-hybridized carbons (Fsp3) is 0.786. The first-order valence-electron chi connectivity index (χ1n) is 8.11. The minimum Gasteiger partial charge on any atom is -0.432 e. The maximum absolute atomic E-state index is 11.9. The van der Waals surface area contributed by atoms with Crippen molar-refractivity contribution in [1.29, 1.82) is 0 Å². The van der Waals surface area contributed by atoms with Crippen molar-refractivity contribution in [3.63, 3.8) is 0 Å². The molecule has 6 atom stereocenters. The third kappa shape index (κ3) is 5.24. The number of piperidine rings is 1. The van der Waals surface area contributed by atoms with Crippen LogP contribution in [0.25, 0.3) is 0 Å². The maximum Gasteiger partial charge on any atom is 0.508 e. The summed E-state index contributed by atoms with van der Waals surface area (Å²) in [7, 11) is -2.67. The summed E-state index contributed by atoms with van der Waals surface area (Å²) in [6, 6.07) is -0.828. The molecule has 154 valence electrons. The van der Waals surface area contributed by atoms with Gasteiger partial charge >= 0.3 is 18.0 Å². The predicted molar refractivity (Wildman–Crippen MR) is 93.0 cm³/mol. The molecular formula is C14H22N2O9S2. The van der Waals surface area contributed by atoms with E-state index >= 15 is 0 Å². The highest BCUT2D eigenvalue weighted by atomic mass is 33.1. The Labute approximate surface area is 159 Å². The molecule has 27 heavy (non-hydrogen) atoms. The van der Waals surface area contributed by atoms with Crippen LogP contribution in [-0.2, 0) is 27.9 Å². The Morgan fingerprint density at radius 2 is 2.00 bits per heavy atom. The zero-order valence-corrected chi connectivity index (χ0v) is 16.5. The van der Waals surface area contributed by atoms with Crippen LogP contribution in [0.1, 0.15) is 20.3 Å². The smallest absolute Gasteiger partial charge is 0.432 e. The fourth-order valence-electron chi connectivity index (χ4n) is 2.84. The van der Waals surface area contributed by atoms with Gasteiger partial charge in [0.05, 0.1) is 17.4 Å². The number of amides is 2. The number of hydrogen-bond donors (Lipinski definition) is 3. The summed E-state index contributed by atoms with van der Waals surface area (Å²) in [5.74, 6) is -1.81. The van der Waals surface area contributed by atoms with Crippen molar-refractivity contribution in [1.82, 2.24) is 10.2 Å². The summed E-state index contributed by atoms with van der Waals surface area (Å²) in [5.41, 5.74) is 0. The molecule has 0 aromatic carbocycles. The standard InChI is InChI=1S/C14H22N2O9S2/c1-6(7(2)26-27(3,22)23)25-14(21)24-5-8-4-9(17)10(18)11-15-12(19)13(20)16(8)11/h6-11,17-18H,4-5H2,1-3H3,(H,15,19). The molecule has 2 aliphatic heterocycles. The molecular weight excluding hydrogens is 404 g/mol. The fourth-order valence-corrected chi connectivity index (χ4v) is 5.73. The average molecular weight is 426 g/mol. The second kappa shape index (κ2) is 8.20. The van der Waals surface area contributed by atoms with Gasteiger partial charge in [0, 0.05) is 6.26 Å². The van der Waals surface area contributed by atoms with Gasteiger partial charge in [0.2, 0.25) is 0 Å². The first kappa shape index (κ1) is 21.7. The van der Waals surface area contributed by atoms with Crippen LogP contribution in [0.2, 0.25) is 0 Å². The summed E-state index contributed by atoms with van der Waals surface area (Å²) in [5, 5.41) is 21.5. The van der Waals surface area contributed by atoms with Gasteiger partial charge in [-0.05, 0) is 31.1 Å². The van der Waals surface area contributed by atoms with Crippen molar-refractivity contribution in [2.45, 2.75) is 56.0 Å². The van der Waals surface area contributed by atoms with Gasteiger partial charge in [0.25, 0.3) is 0 Å². The number of aliphatic hydroxyl groups is 2. The summed E-state index contributed by atoms with van der Waals surface area (Å²) in [6.07, 6.45) is -4.55. The van der Waals surface area contributed by atoms with Crippen LogP contribution in [-0.4, -0.2) is 90.1 Å². The lowest BCUT2D eigenvalue weighted by Crippen LogP contribution is -2.61. The number of nitrogens with one attached hydrogen (secondary N) is 1. The van der Waals surface area contributed by atoms with Crippen LogP contribution in [0.4, 0.5) is 4.79 Å². The molecule has 0 spiro atoms. The molecule has 2 fully saturated rings. The topological polar surface area (TPSA) is 160 Å². The molecule has 2 aliphatic rings. The first-order chi connectivity index (χ1) is 12.4. The normalized spacial score (nSPS) is 30.3.